The minimum Gasteiger partial charge on any atom is -0.386 e. The van der Waals surface area contributed by atoms with Crippen LogP contribution in [0.25, 0.3) is 0 Å². The molecule has 0 heterocycles. The first-order valence-electron chi connectivity index (χ1n) is 10.5. The second kappa shape index (κ2) is 17.0. The summed E-state index contributed by atoms with van der Waals surface area (Å²) in [5.74, 6) is 0. The van der Waals surface area contributed by atoms with Gasteiger partial charge < -0.3 is 10.2 Å². The molecule has 0 saturated carbocycles. The molecule has 0 rings (SSSR count). The van der Waals surface area contributed by atoms with Crippen LogP contribution in [-0.4, -0.2) is 50.6 Å². The van der Waals surface area contributed by atoms with Crippen LogP contribution in [0.15, 0.2) is 12.2 Å². The Morgan fingerprint density at radius 1 is 0.897 bits per heavy atom. The van der Waals surface area contributed by atoms with Gasteiger partial charge in [-0.2, -0.15) is 0 Å². The fourth-order valence-electron chi connectivity index (χ4n) is 3.14. The van der Waals surface area contributed by atoms with Crippen LogP contribution in [0.2, 0.25) is 0 Å². The van der Waals surface area contributed by atoms with Crippen molar-refractivity contribution < 1.29 is 24.9 Å². The summed E-state index contributed by atoms with van der Waals surface area (Å²) < 4.78 is 0. The van der Waals surface area contributed by atoms with Crippen molar-refractivity contribution >= 4 is 6.29 Å². The molecule has 0 aliphatic carbocycles. The summed E-state index contributed by atoms with van der Waals surface area (Å²) in [6.07, 6.45) is 9.19. The van der Waals surface area contributed by atoms with Gasteiger partial charge >= 0.3 is 0 Å². The van der Waals surface area contributed by atoms with Crippen molar-refractivity contribution in [3.63, 3.8) is 0 Å². The van der Waals surface area contributed by atoms with E-state index >= 15 is 0 Å². The van der Waals surface area contributed by atoms with E-state index in [1.165, 1.54) is 6.08 Å². The fraction of sp³-hybridized carbons (Fsp3) is 0.850. The molecule has 0 aromatic rings. The lowest BCUT2D eigenvalue weighted by Crippen LogP contribution is -2.42. The van der Waals surface area contributed by atoms with Gasteiger partial charge in [-0.1, -0.05) is 57.6 Å². The summed E-state index contributed by atoms with van der Waals surface area (Å²) >= 11 is 0. The molecule has 1 radical (unpaired) electrons. The monoisotopic (exact) mass is 415 g/mol. The zero-order chi connectivity index (χ0) is 22.1. The van der Waals surface area contributed by atoms with E-state index in [9.17, 15) is 35.2 Å². The zero-order valence-corrected chi connectivity index (χ0v) is 17.3. The first-order valence-corrected chi connectivity index (χ1v) is 10.5. The highest BCUT2D eigenvalue weighted by Crippen LogP contribution is 2.18. The molecule has 0 fully saturated rings. The number of allylic oxidation sites excluding steroid dienone is 1. The second-order valence-corrected chi connectivity index (χ2v) is 7.38. The number of unbranched alkanes of at least 4 members (excludes halogenated alkanes) is 7. The van der Waals surface area contributed by atoms with Gasteiger partial charge in [0.25, 0.3) is 0 Å². The van der Waals surface area contributed by atoms with E-state index in [1.54, 1.807) is 12.4 Å². The van der Waals surface area contributed by atoms with Crippen LogP contribution in [0.1, 0.15) is 84.0 Å². The maximum absolute atomic E-state index is 11.3. The smallest absolute Gasteiger partial charge is 0.242 e. The van der Waals surface area contributed by atoms with Crippen LogP contribution in [-0.2, 0) is 4.79 Å². The number of aliphatic hydroxyl groups is 2. The van der Waals surface area contributed by atoms with Gasteiger partial charge in [0.2, 0.25) is 12.1 Å². The van der Waals surface area contributed by atoms with Crippen molar-refractivity contribution in [2.24, 2.45) is 0 Å². The number of aliphatic hydroxyl groups excluding tert-OH is 2. The molecule has 0 amide bonds. The predicted molar refractivity (Wildman–Crippen MR) is 109 cm³/mol. The molecule has 9 heteroatoms. The summed E-state index contributed by atoms with van der Waals surface area (Å²) in [6.45, 7) is 2.11. The molecule has 0 aromatic heterocycles. The van der Waals surface area contributed by atoms with Crippen LogP contribution >= 0.6 is 0 Å². The van der Waals surface area contributed by atoms with Crippen molar-refractivity contribution in [3.8, 4) is 0 Å². The number of nitro groups is 2. The molecule has 0 aromatic carbocycles. The van der Waals surface area contributed by atoms with Gasteiger partial charge in [-0.15, -0.1) is 0 Å². The van der Waals surface area contributed by atoms with Gasteiger partial charge in [-0.25, -0.2) is 0 Å². The van der Waals surface area contributed by atoms with E-state index in [4.69, 9.17) is 0 Å². The molecule has 4 atom stereocenters. The van der Waals surface area contributed by atoms with Crippen molar-refractivity contribution in [1.82, 2.24) is 0 Å². The lowest BCUT2D eigenvalue weighted by atomic mass is 9.94. The van der Waals surface area contributed by atoms with Crippen molar-refractivity contribution in [2.45, 2.75) is 108 Å². The Hall–Kier alpha value is -1.87. The lowest BCUT2D eigenvalue weighted by Gasteiger charge is -2.20. The van der Waals surface area contributed by atoms with Crippen LogP contribution in [0.3, 0.4) is 0 Å². The maximum Gasteiger partial charge on any atom is 0.242 e. The van der Waals surface area contributed by atoms with E-state index in [0.29, 0.717) is 19.3 Å². The van der Waals surface area contributed by atoms with E-state index < -0.39 is 40.6 Å². The predicted octanol–water partition coefficient (Wildman–Crippen LogP) is 3.37. The lowest BCUT2D eigenvalue weighted by molar-refractivity contribution is -0.553. The number of carbonyl (C=O) groups excluding carboxylic acids is 1. The quantitative estimate of drug-likeness (QED) is 0.142. The van der Waals surface area contributed by atoms with Crippen LogP contribution in [0, 0.1) is 20.2 Å². The van der Waals surface area contributed by atoms with Gasteiger partial charge in [0.05, 0.1) is 6.42 Å². The molecule has 0 aliphatic rings. The molecule has 0 spiro atoms. The molecule has 0 bridgehead atoms. The molecule has 4 unspecified atom stereocenters. The molecule has 0 aliphatic heterocycles. The first-order chi connectivity index (χ1) is 13.8. The van der Waals surface area contributed by atoms with E-state index in [1.807, 2.05) is 0 Å². The summed E-state index contributed by atoms with van der Waals surface area (Å²) in [7, 11) is 0. The van der Waals surface area contributed by atoms with Crippen LogP contribution < -0.4 is 0 Å². The van der Waals surface area contributed by atoms with Crippen molar-refractivity contribution in [3.05, 3.63) is 32.4 Å². The summed E-state index contributed by atoms with van der Waals surface area (Å²) in [6, 6.07) is -2.82. The summed E-state index contributed by atoms with van der Waals surface area (Å²) in [4.78, 5) is 31.4. The standard InChI is InChI=1S/C20H35N2O7/c1-2-3-4-5-8-11-14-19(24)18(22(28)29)16-20(25)17(21(26)27)13-10-7-6-9-12-15-23/h7,10,17-20,24-25H,2-6,8-9,11-14,16H2,1H3/b10-7-. The highest BCUT2D eigenvalue weighted by atomic mass is 16.6. The maximum atomic E-state index is 11.3. The average Bonchev–Trinajstić information content (AvgIpc) is 2.67. The van der Waals surface area contributed by atoms with Gasteiger partial charge in [-0.05, 0) is 19.3 Å². The minimum absolute atomic E-state index is 0.0725. The highest BCUT2D eigenvalue weighted by molar-refractivity contribution is 5.50. The third kappa shape index (κ3) is 13.1. The number of hydrogen-bond donors (Lipinski definition) is 2. The van der Waals surface area contributed by atoms with E-state index in [2.05, 4.69) is 6.92 Å². The Labute approximate surface area is 172 Å². The Bertz CT molecular complexity index is 499. The molecule has 167 valence electrons. The molecule has 2 N–H and O–H groups in total. The van der Waals surface area contributed by atoms with Gasteiger partial charge in [0, 0.05) is 22.7 Å². The fourth-order valence-corrected chi connectivity index (χ4v) is 3.14. The van der Waals surface area contributed by atoms with Crippen LogP contribution in [0.5, 0.6) is 0 Å². The van der Waals surface area contributed by atoms with Gasteiger partial charge in [-0.3, -0.25) is 25.0 Å². The second-order valence-electron chi connectivity index (χ2n) is 7.38. The summed E-state index contributed by atoms with van der Waals surface area (Å²) in [5, 5.41) is 43.0. The largest absolute Gasteiger partial charge is 0.386 e. The Morgan fingerprint density at radius 2 is 1.52 bits per heavy atom. The van der Waals surface area contributed by atoms with E-state index in [-0.39, 0.29) is 19.3 Å². The summed E-state index contributed by atoms with van der Waals surface area (Å²) in [5.41, 5.74) is 0. The number of hydrogen-bond acceptors (Lipinski definition) is 7. The van der Waals surface area contributed by atoms with Crippen LogP contribution in [0.4, 0.5) is 0 Å². The van der Waals surface area contributed by atoms with E-state index in [0.717, 1.165) is 32.1 Å². The molecule has 29 heavy (non-hydrogen) atoms. The van der Waals surface area contributed by atoms with Crippen molar-refractivity contribution in [1.29, 1.82) is 0 Å². The number of nitrogens with zero attached hydrogens (tertiary/aromatic N) is 2. The number of rotatable bonds is 19. The third-order valence-electron chi connectivity index (χ3n) is 4.96. The minimum atomic E-state index is -1.53. The Kier molecular flexibility index (Phi) is 15.9. The van der Waals surface area contributed by atoms with Crippen molar-refractivity contribution in [2.75, 3.05) is 0 Å². The zero-order valence-electron chi connectivity index (χ0n) is 17.3. The Morgan fingerprint density at radius 3 is 2.10 bits per heavy atom. The topological polar surface area (TPSA) is 144 Å². The average molecular weight is 416 g/mol. The molecule has 0 saturated heterocycles. The molecular formula is C20H35N2O7. The third-order valence-corrected chi connectivity index (χ3v) is 4.96. The van der Waals surface area contributed by atoms with Gasteiger partial charge in [0.15, 0.2) is 6.29 Å². The molecule has 9 nitrogen and oxygen atoms in total. The SMILES string of the molecule is CCCCCCCCC(O)C(CC(O)C(C/C=C\CCC[C]=O)[N+](=O)[O-])[N+](=O)[O-]. The normalized spacial score (nSPS) is 15.7. The van der Waals surface area contributed by atoms with Gasteiger partial charge in [0.1, 0.15) is 12.2 Å². The Balaban J connectivity index is 4.60. The molecular weight excluding hydrogens is 380 g/mol. The highest BCUT2D eigenvalue weighted by Gasteiger charge is 2.38. The first kappa shape index (κ1) is 27.1.